The zero-order valence-corrected chi connectivity index (χ0v) is 11.6. The first-order chi connectivity index (χ1) is 9.26. The summed E-state index contributed by atoms with van der Waals surface area (Å²) in [4.78, 5) is 13.2. The highest BCUT2D eigenvalue weighted by molar-refractivity contribution is 5.75. The van der Waals surface area contributed by atoms with Crippen molar-refractivity contribution in [3.05, 3.63) is 29.3 Å². The number of aldehydes is 1. The second-order valence-corrected chi connectivity index (χ2v) is 4.90. The molecular formula is C15H21NO3. The standard InChI is InChI=1S/C15H21NO3/c1-18-14-5-7-16(8-6-14)10-13-9-12(11-17)3-4-15(13)19-2/h3-4,9,11,14H,5-8,10H2,1-2H3. The van der Waals surface area contributed by atoms with Crippen LogP contribution in [0.25, 0.3) is 0 Å². The van der Waals surface area contributed by atoms with E-state index < -0.39 is 0 Å². The number of carbonyl (C=O) groups excluding carboxylic acids is 1. The van der Waals surface area contributed by atoms with E-state index in [0.29, 0.717) is 11.7 Å². The molecule has 0 amide bonds. The minimum absolute atomic E-state index is 0.388. The third-order valence-corrected chi connectivity index (χ3v) is 3.70. The summed E-state index contributed by atoms with van der Waals surface area (Å²) in [7, 11) is 3.44. The summed E-state index contributed by atoms with van der Waals surface area (Å²) >= 11 is 0. The van der Waals surface area contributed by atoms with Crippen molar-refractivity contribution in [1.29, 1.82) is 0 Å². The Morgan fingerprint density at radius 1 is 1.32 bits per heavy atom. The van der Waals surface area contributed by atoms with Crippen LogP contribution in [-0.2, 0) is 11.3 Å². The highest BCUT2D eigenvalue weighted by Crippen LogP contribution is 2.23. The summed E-state index contributed by atoms with van der Waals surface area (Å²) in [5.74, 6) is 0.847. The van der Waals surface area contributed by atoms with Crippen LogP contribution in [0.1, 0.15) is 28.8 Å². The maximum absolute atomic E-state index is 10.9. The van der Waals surface area contributed by atoms with Gasteiger partial charge in [0.1, 0.15) is 12.0 Å². The summed E-state index contributed by atoms with van der Waals surface area (Å²) in [6.07, 6.45) is 3.39. The van der Waals surface area contributed by atoms with E-state index in [1.165, 1.54) is 0 Å². The fraction of sp³-hybridized carbons (Fsp3) is 0.533. The zero-order chi connectivity index (χ0) is 13.7. The number of carbonyl (C=O) groups is 1. The molecule has 1 aromatic carbocycles. The molecule has 1 aliphatic rings. The van der Waals surface area contributed by atoms with Crippen molar-refractivity contribution in [3.8, 4) is 5.75 Å². The van der Waals surface area contributed by atoms with Crippen molar-refractivity contribution >= 4 is 6.29 Å². The second-order valence-electron chi connectivity index (χ2n) is 4.90. The van der Waals surface area contributed by atoms with Gasteiger partial charge in [-0.3, -0.25) is 9.69 Å². The van der Waals surface area contributed by atoms with Gasteiger partial charge in [0.15, 0.2) is 0 Å². The second kappa shape index (κ2) is 6.68. The number of nitrogens with zero attached hydrogens (tertiary/aromatic N) is 1. The summed E-state index contributed by atoms with van der Waals surface area (Å²) in [6, 6.07) is 5.56. The molecule has 0 spiro atoms. The van der Waals surface area contributed by atoms with E-state index in [9.17, 15) is 4.79 Å². The molecule has 1 saturated heterocycles. The van der Waals surface area contributed by atoms with Crippen molar-refractivity contribution in [1.82, 2.24) is 4.90 Å². The highest BCUT2D eigenvalue weighted by Gasteiger charge is 2.19. The molecule has 1 heterocycles. The van der Waals surface area contributed by atoms with Gasteiger partial charge >= 0.3 is 0 Å². The van der Waals surface area contributed by atoms with Gasteiger partial charge in [-0.2, -0.15) is 0 Å². The number of rotatable bonds is 5. The number of benzene rings is 1. The topological polar surface area (TPSA) is 38.8 Å². The first-order valence-electron chi connectivity index (χ1n) is 6.64. The number of piperidine rings is 1. The molecule has 0 bridgehead atoms. The van der Waals surface area contributed by atoms with Gasteiger partial charge in [0.05, 0.1) is 13.2 Å². The average Bonchev–Trinajstić information content (AvgIpc) is 2.48. The van der Waals surface area contributed by atoms with E-state index in [0.717, 1.165) is 50.1 Å². The van der Waals surface area contributed by atoms with Gasteiger partial charge in [-0.25, -0.2) is 0 Å². The van der Waals surface area contributed by atoms with Crippen LogP contribution in [0.15, 0.2) is 18.2 Å². The van der Waals surface area contributed by atoms with Crippen LogP contribution in [0.5, 0.6) is 5.75 Å². The van der Waals surface area contributed by atoms with Crippen molar-refractivity contribution < 1.29 is 14.3 Å². The molecule has 4 heteroatoms. The van der Waals surface area contributed by atoms with Gasteiger partial charge in [0.2, 0.25) is 0 Å². The molecule has 1 fully saturated rings. The van der Waals surface area contributed by atoms with Crippen LogP contribution in [0.3, 0.4) is 0 Å². The Hall–Kier alpha value is -1.39. The van der Waals surface area contributed by atoms with Gasteiger partial charge in [0.25, 0.3) is 0 Å². The molecule has 2 rings (SSSR count). The van der Waals surface area contributed by atoms with Crippen molar-refractivity contribution in [2.75, 3.05) is 27.3 Å². The van der Waals surface area contributed by atoms with E-state index in [1.54, 1.807) is 20.3 Å². The Bertz CT molecular complexity index is 425. The predicted octanol–water partition coefficient (Wildman–Crippen LogP) is 2.12. The molecule has 0 aromatic heterocycles. The van der Waals surface area contributed by atoms with Gasteiger partial charge in [-0.15, -0.1) is 0 Å². The summed E-state index contributed by atoms with van der Waals surface area (Å²) in [5.41, 5.74) is 1.77. The third kappa shape index (κ3) is 3.55. The first kappa shape index (κ1) is 14.0. The molecule has 0 saturated carbocycles. The van der Waals surface area contributed by atoms with Gasteiger partial charge in [-0.1, -0.05) is 0 Å². The van der Waals surface area contributed by atoms with E-state index in [2.05, 4.69) is 4.90 Å². The summed E-state index contributed by atoms with van der Waals surface area (Å²) in [5, 5.41) is 0. The number of hydrogen-bond acceptors (Lipinski definition) is 4. The first-order valence-corrected chi connectivity index (χ1v) is 6.64. The Labute approximate surface area is 114 Å². The van der Waals surface area contributed by atoms with E-state index in [4.69, 9.17) is 9.47 Å². The van der Waals surface area contributed by atoms with Crippen molar-refractivity contribution in [2.45, 2.75) is 25.5 Å². The lowest BCUT2D eigenvalue weighted by atomic mass is 10.1. The number of ether oxygens (including phenoxy) is 2. The lowest BCUT2D eigenvalue weighted by Crippen LogP contribution is -2.36. The quantitative estimate of drug-likeness (QED) is 0.763. The van der Waals surface area contributed by atoms with E-state index >= 15 is 0 Å². The summed E-state index contributed by atoms with van der Waals surface area (Å²) < 4.78 is 10.7. The van der Waals surface area contributed by atoms with E-state index in [1.807, 2.05) is 12.1 Å². The van der Waals surface area contributed by atoms with Crippen LogP contribution in [0.2, 0.25) is 0 Å². The molecule has 0 radical (unpaired) electrons. The Morgan fingerprint density at radius 2 is 2.05 bits per heavy atom. The fourth-order valence-electron chi connectivity index (χ4n) is 2.54. The molecule has 104 valence electrons. The van der Waals surface area contributed by atoms with Crippen LogP contribution in [0, 0.1) is 0 Å². The molecular weight excluding hydrogens is 242 g/mol. The Kier molecular flexibility index (Phi) is 4.93. The van der Waals surface area contributed by atoms with Gasteiger partial charge in [-0.05, 0) is 31.0 Å². The Morgan fingerprint density at radius 3 is 2.63 bits per heavy atom. The normalized spacial score (nSPS) is 17.4. The number of hydrogen-bond donors (Lipinski definition) is 0. The maximum atomic E-state index is 10.9. The minimum atomic E-state index is 0.388. The molecule has 0 unspecified atom stereocenters. The zero-order valence-electron chi connectivity index (χ0n) is 11.6. The highest BCUT2D eigenvalue weighted by atomic mass is 16.5. The monoisotopic (exact) mass is 263 g/mol. The Balaban J connectivity index is 2.04. The van der Waals surface area contributed by atoms with Gasteiger partial charge < -0.3 is 9.47 Å². The molecule has 1 aromatic rings. The summed E-state index contributed by atoms with van der Waals surface area (Å²) in [6.45, 7) is 2.86. The number of methoxy groups -OCH3 is 2. The largest absolute Gasteiger partial charge is 0.496 e. The molecule has 4 nitrogen and oxygen atoms in total. The van der Waals surface area contributed by atoms with Gasteiger partial charge in [0, 0.05) is 37.9 Å². The molecule has 1 aliphatic heterocycles. The molecule has 19 heavy (non-hydrogen) atoms. The fourth-order valence-corrected chi connectivity index (χ4v) is 2.54. The van der Waals surface area contributed by atoms with E-state index in [-0.39, 0.29) is 0 Å². The van der Waals surface area contributed by atoms with Crippen LogP contribution >= 0.6 is 0 Å². The predicted molar refractivity (Wildman–Crippen MR) is 73.7 cm³/mol. The molecule has 0 N–H and O–H groups in total. The minimum Gasteiger partial charge on any atom is -0.496 e. The number of likely N-dealkylation sites (tertiary alicyclic amines) is 1. The SMILES string of the molecule is COc1ccc(C=O)cc1CN1CCC(OC)CC1. The van der Waals surface area contributed by atoms with Crippen LogP contribution in [0.4, 0.5) is 0 Å². The van der Waals surface area contributed by atoms with Crippen LogP contribution < -0.4 is 4.74 Å². The third-order valence-electron chi connectivity index (χ3n) is 3.70. The van der Waals surface area contributed by atoms with Crippen LogP contribution in [-0.4, -0.2) is 44.6 Å². The van der Waals surface area contributed by atoms with Crippen molar-refractivity contribution in [2.24, 2.45) is 0 Å². The lowest BCUT2D eigenvalue weighted by Gasteiger charge is -2.31. The smallest absolute Gasteiger partial charge is 0.150 e. The maximum Gasteiger partial charge on any atom is 0.150 e. The average molecular weight is 263 g/mol. The molecule has 0 atom stereocenters. The molecule has 0 aliphatic carbocycles. The van der Waals surface area contributed by atoms with Crippen molar-refractivity contribution in [3.63, 3.8) is 0 Å². The lowest BCUT2D eigenvalue weighted by molar-refractivity contribution is 0.0387.